The van der Waals surface area contributed by atoms with E-state index in [2.05, 4.69) is 20.3 Å². The smallest absolute Gasteiger partial charge is 0.277 e. The number of aryl methyl sites for hydroxylation is 1. The van der Waals surface area contributed by atoms with Crippen molar-refractivity contribution in [1.29, 1.82) is 5.41 Å². The summed E-state index contributed by atoms with van der Waals surface area (Å²) >= 11 is 0. The standard InChI is InChI=1S/C19H19N7O/c1-12-6-7-13(14(11-12)24-15-8-10-23-19(21)25-15)17(20)18(27)26(2)16-5-3-4-9-22-16/h3-11,20H,1-2H3,(H3,21,23,24,25). The maximum atomic E-state index is 12.8. The highest BCUT2D eigenvalue weighted by Gasteiger charge is 2.21. The average molecular weight is 361 g/mol. The second-order valence-electron chi connectivity index (χ2n) is 5.90. The van der Waals surface area contributed by atoms with Crippen molar-refractivity contribution in [1.82, 2.24) is 15.0 Å². The van der Waals surface area contributed by atoms with Crippen LogP contribution in [0.5, 0.6) is 0 Å². The van der Waals surface area contributed by atoms with E-state index in [1.165, 1.54) is 11.1 Å². The van der Waals surface area contributed by atoms with Crippen LogP contribution in [0.1, 0.15) is 11.1 Å². The van der Waals surface area contributed by atoms with Crippen molar-refractivity contribution >= 4 is 34.9 Å². The predicted octanol–water partition coefficient (Wildman–Crippen LogP) is 2.54. The van der Waals surface area contributed by atoms with Gasteiger partial charge in [0.1, 0.15) is 17.3 Å². The van der Waals surface area contributed by atoms with Gasteiger partial charge in [0, 0.05) is 30.7 Å². The molecular weight excluding hydrogens is 342 g/mol. The minimum Gasteiger partial charge on any atom is -0.368 e. The van der Waals surface area contributed by atoms with Crippen molar-refractivity contribution in [3.63, 3.8) is 0 Å². The van der Waals surface area contributed by atoms with Crippen LogP contribution in [0.15, 0.2) is 54.9 Å². The lowest BCUT2D eigenvalue weighted by Gasteiger charge is -2.18. The van der Waals surface area contributed by atoms with Gasteiger partial charge in [-0.25, -0.2) is 9.97 Å². The number of nitrogens with one attached hydrogen (secondary N) is 2. The molecule has 4 N–H and O–H groups in total. The monoisotopic (exact) mass is 361 g/mol. The number of hydrogen-bond acceptors (Lipinski definition) is 7. The summed E-state index contributed by atoms with van der Waals surface area (Å²) in [5, 5.41) is 11.5. The quantitative estimate of drug-likeness (QED) is 0.601. The molecular formula is C19H19N7O. The maximum Gasteiger partial charge on any atom is 0.277 e. The summed E-state index contributed by atoms with van der Waals surface area (Å²) in [6.07, 6.45) is 3.13. The third-order valence-corrected chi connectivity index (χ3v) is 3.89. The molecule has 1 amide bonds. The fraction of sp³-hybridized carbons (Fsp3) is 0.105. The van der Waals surface area contributed by atoms with Crippen LogP contribution < -0.4 is 16.0 Å². The molecule has 0 aliphatic rings. The molecule has 3 rings (SSSR count). The Labute approximate surface area is 156 Å². The topological polar surface area (TPSA) is 121 Å². The first-order valence-corrected chi connectivity index (χ1v) is 8.20. The van der Waals surface area contributed by atoms with E-state index in [1.54, 1.807) is 43.6 Å². The van der Waals surface area contributed by atoms with Gasteiger partial charge in [-0.3, -0.25) is 15.1 Å². The zero-order valence-electron chi connectivity index (χ0n) is 15.0. The van der Waals surface area contributed by atoms with E-state index in [4.69, 9.17) is 11.1 Å². The molecule has 0 saturated heterocycles. The number of pyridine rings is 1. The second-order valence-corrected chi connectivity index (χ2v) is 5.90. The van der Waals surface area contributed by atoms with E-state index in [9.17, 15) is 4.79 Å². The van der Waals surface area contributed by atoms with Gasteiger partial charge in [-0.15, -0.1) is 0 Å². The van der Waals surface area contributed by atoms with E-state index < -0.39 is 5.91 Å². The summed E-state index contributed by atoms with van der Waals surface area (Å²) < 4.78 is 0. The Morgan fingerprint density at radius 3 is 2.67 bits per heavy atom. The number of carbonyl (C=O) groups is 1. The Hall–Kier alpha value is -3.81. The van der Waals surface area contributed by atoms with Crippen molar-refractivity contribution in [2.75, 3.05) is 23.0 Å². The van der Waals surface area contributed by atoms with Gasteiger partial charge in [-0.2, -0.15) is 4.98 Å². The predicted molar refractivity (Wildman–Crippen MR) is 105 cm³/mol. The minimum absolute atomic E-state index is 0.134. The summed E-state index contributed by atoms with van der Waals surface area (Å²) in [6.45, 7) is 1.93. The lowest BCUT2D eigenvalue weighted by Crippen LogP contribution is -2.34. The number of amides is 1. The molecule has 8 heteroatoms. The molecule has 0 spiro atoms. The van der Waals surface area contributed by atoms with Gasteiger partial charge < -0.3 is 11.1 Å². The number of nitrogen functional groups attached to an aromatic ring is 1. The first-order chi connectivity index (χ1) is 13.0. The Bertz CT molecular complexity index is 988. The number of anilines is 4. The van der Waals surface area contributed by atoms with Crippen LogP contribution in [0.25, 0.3) is 0 Å². The highest BCUT2D eigenvalue weighted by Crippen LogP contribution is 2.23. The van der Waals surface area contributed by atoms with E-state index in [0.717, 1.165) is 5.56 Å². The molecule has 0 aliphatic carbocycles. The molecule has 0 saturated carbocycles. The van der Waals surface area contributed by atoms with Crippen LogP contribution in [0, 0.1) is 12.3 Å². The number of hydrogen-bond donors (Lipinski definition) is 3. The summed E-state index contributed by atoms with van der Waals surface area (Å²) in [5.74, 6) is 0.614. The van der Waals surface area contributed by atoms with E-state index in [-0.39, 0.29) is 11.7 Å². The Morgan fingerprint density at radius 2 is 1.96 bits per heavy atom. The first kappa shape index (κ1) is 18.0. The highest BCUT2D eigenvalue weighted by atomic mass is 16.2. The van der Waals surface area contributed by atoms with Gasteiger partial charge >= 0.3 is 0 Å². The number of nitrogens with zero attached hydrogens (tertiary/aromatic N) is 4. The number of carbonyl (C=O) groups excluding carboxylic acids is 1. The van der Waals surface area contributed by atoms with Gasteiger partial charge in [-0.1, -0.05) is 18.2 Å². The van der Waals surface area contributed by atoms with Crippen molar-refractivity contribution in [3.8, 4) is 0 Å². The molecule has 136 valence electrons. The molecule has 0 bridgehead atoms. The van der Waals surface area contributed by atoms with Crippen LogP contribution in [0.3, 0.4) is 0 Å². The molecule has 8 nitrogen and oxygen atoms in total. The largest absolute Gasteiger partial charge is 0.368 e. The summed E-state index contributed by atoms with van der Waals surface area (Å²) in [4.78, 5) is 26.2. The third kappa shape index (κ3) is 4.06. The SMILES string of the molecule is Cc1ccc(C(=N)C(=O)N(C)c2ccccn2)c(Nc2ccnc(N)n2)c1. The van der Waals surface area contributed by atoms with Crippen molar-refractivity contribution in [2.24, 2.45) is 0 Å². The molecule has 0 radical (unpaired) electrons. The van der Waals surface area contributed by atoms with Gasteiger partial charge in [0.25, 0.3) is 5.91 Å². The first-order valence-electron chi connectivity index (χ1n) is 8.20. The van der Waals surface area contributed by atoms with Crippen LogP contribution >= 0.6 is 0 Å². The number of likely N-dealkylation sites (N-methyl/N-ethyl adjacent to an activating group) is 1. The Kier molecular flexibility index (Phi) is 5.07. The minimum atomic E-state index is -0.470. The normalized spacial score (nSPS) is 10.3. The van der Waals surface area contributed by atoms with Crippen molar-refractivity contribution < 1.29 is 4.79 Å². The lowest BCUT2D eigenvalue weighted by atomic mass is 10.0. The highest BCUT2D eigenvalue weighted by molar-refractivity contribution is 6.49. The van der Waals surface area contributed by atoms with Crippen LogP contribution in [-0.4, -0.2) is 33.6 Å². The third-order valence-electron chi connectivity index (χ3n) is 3.89. The zero-order valence-corrected chi connectivity index (χ0v) is 15.0. The molecule has 0 fully saturated rings. The molecule has 3 aromatic rings. The molecule has 0 aliphatic heterocycles. The van der Waals surface area contributed by atoms with Gasteiger partial charge in [0.2, 0.25) is 5.95 Å². The van der Waals surface area contributed by atoms with Crippen molar-refractivity contribution in [2.45, 2.75) is 6.92 Å². The maximum absolute atomic E-state index is 12.8. The van der Waals surface area contributed by atoms with Gasteiger partial charge in [0.15, 0.2) is 0 Å². The Balaban J connectivity index is 1.91. The number of rotatable bonds is 5. The van der Waals surface area contributed by atoms with Crippen molar-refractivity contribution in [3.05, 3.63) is 66.0 Å². The van der Waals surface area contributed by atoms with Crippen LogP contribution in [0.2, 0.25) is 0 Å². The number of benzene rings is 1. The summed E-state index contributed by atoms with van der Waals surface area (Å²) in [5.41, 5.74) is 7.47. The van der Waals surface area contributed by atoms with Gasteiger partial charge in [-0.05, 0) is 36.8 Å². The summed E-state index contributed by atoms with van der Waals surface area (Å²) in [7, 11) is 1.59. The molecule has 0 unspecified atom stereocenters. The lowest BCUT2D eigenvalue weighted by molar-refractivity contribution is -0.112. The molecule has 1 aromatic carbocycles. The van der Waals surface area contributed by atoms with Gasteiger partial charge in [0.05, 0.1) is 0 Å². The summed E-state index contributed by atoms with van der Waals surface area (Å²) in [6, 6.07) is 12.3. The molecule has 0 atom stereocenters. The number of aromatic nitrogens is 3. The fourth-order valence-corrected chi connectivity index (χ4v) is 2.50. The molecule has 27 heavy (non-hydrogen) atoms. The fourth-order valence-electron chi connectivity index (χ4n) is 2.50. The average Bonchev–Trinajstić information content (AvgIpc) is 2.67. The van der Waals surface area contributed by atoms with Crippen LogP contribution in [-0.2, 0) is 4.79 Å². The van der Waals surface area contributed by atoms with E-state index in [0.29, 0.717) is 22.9 Å². The van der Waals surface area contributed by atoms with Crippen LogP contribution in [0.4, 0.5) is 23.3 Å². The number of nitrogens with two attached hydrogens (primary N) is 1. The molecule has 2 aromatic heterocycles. The van der Waals surface area contributed by atoms with E-state index >= 15 is 0 Å². The zero-order chi connectivity index (χ0) is 19.4. The Morgan fingerprint density at radius 1 is 1.15 bits per heavy atom. The second kappa shape index (κ2) is 7.61. The molecule has 2 heterocycles. The van der Waals surface area contributed by atoms with E-state index in [1.807, 2.05) is 19.1 Å².